The fourth-order valence-electron chi connectivity index (χ4n) is 2.09. The highest BCUT2D eigenvalue weighted by molar-refractivity contribution is 9.10. The molecule has 2 aromatic heterocycles. The molecule has 2 N–H and O–H groups in total. The van der Waals surface area contributed by atoms with Crippen LogP contribution in [0.15, 0.2) is 47.2 Å². The second-order valence-electron chi connectivity index (χ2n) is 4.53. The van der Waals surface area contributed by atoms with Gasteiger partial charge in [0.1, 0.15) is 11.4 Å². The van der Waals surface area contributed by atoms with Crippen LogP contribution in [0.5, 0.6) is 5.75 Å². The summed E-state index contributed by atoms with van der Waals surface area (Å²) >= 11 is 3.41. The van der Waals surface area contributed by atoms with E-state index in [2.05, 4.69) is 25.7 Å². The summed E-state index contributed by atoms with van der Waals surface area (Å²) in [4.78, 5) is 4.26. The summed E-state index contributed by atoms with van der Waals surface area (Å²) in [6.07, 6.45) is -1.41. The lowest BCUT2D eigenvalue weighted by atomic mass is 10.3. The Balaban J connectivity index is 2.01. The molecule has 0 fully saturated rings. The van der Waals surface area contributed by atoms with E-state index in [4.69, 9.17) is 5.73 Å². The van der Waals surface area contributed by atoms with Gasteiger partial charge in [-0.15, -0.1) is 13.2 Å². The molecule has 0 aliphatic heterocycles. The number of anilines is 1. The van der Waals surface area contributed by atoms with E-state index in [1.807, 2.05) is 0 Å². The Morgan fingerprint density at radius 3 is 2.50 bits per heavy atom. The van der Waals surface area contributed by atoms with Gasteiger partial charge in [0.05, 0.1) is 11.9 Å². The first-order valence-electron chi connectivity index (χ1n) is 6.12. The second-order valence-corrected chi connectivity index (χ2v) is 5.38. The second kappa shape index (κ2) is 5.20. The molecule has 114 valence electrons. The first-order chi connectivity index (χ1) is 10.3. The largest absolute Gasteiger partial charge is 0.573 e. The van der Waals surface area contributed by atoms with Gasteiger partial charge in [0.15, 0.2) is 0 Å². The summed E-state index contributed by atoms with van der Waals surface area (Å²) in [6, 6.07) is 7.31. The number of ether oxygens (including phenoxy) is 1. The summed E-state index contributed by atoms with van der Waals surface area (Å²) < 4.78 is 42.9. The molecule has 0 atom stereocenters. The zero-order chi connectivity index (χ0) is 15.9. The molecule has 1 aromatic carbocycles. The molecule has 0 spiro atoms. The number of hydrogen-bond donors (Lipinski definition) is 1. The monoisotopic (exact) mass is 371 g/mol. The van der Waals surface area contributed by atoms with Crippen molar-refractivity contribution < 1.29 is 17.9 Å². The van der Waals surface area contributed by atoms with Gasteiger partial charge in [0.25, 0.3) is 0 Å². The van der Waals surface area contributed by atoms with Gasteiger partial charge in [-0.3, -0.25) is 0 Å². The van der Waals surface area contributed by atoms with Crippen molar-refractivity contribution in [2.75, 3.05) is 5.73 Å². The lowest BCUT2D eigenvalue weighted by molar-refractivity contribution is -0.274. The Morgan fingerprint density at radius 2 is 1.86 bits per heavy atom. The van der Waals surface area contributed by atoms with Crippen LogP contribution in [0.3, 0.4) is 0 Å². The van der Waals surface area contributed by atoms with Gasteiger partial charge >= 0.3 is 6.36 Å². The molecular formula is C14H9BrF3N3O. The predicted molar refractivity (Wildman–Crippen MR) is 79.9 cm³/mol. The molecule has 0 radical (unpaired) electrons. The Hall–Kier alpha value is -2.22. The van der Waals surface area contributed by atoms with E-state index in [1.54, 1.807) is 16.8 Å². The highest BCUT2D eigenvalue weighted by Gasteiger charge is 2.31. The fraction of sp³-hybridized carbons (Fsp3) is 0.0714. The summed E-state index contributed by atoms with van der Waals surface area (Å²) in [5, 5.41) is 0.815. The molecule has 0 amide bonds. The highest BCUT2D eigenvalue weighted by Crippen LogP contribution is 2.30. The van der Waals surface area contributed by atoms with Crippen LogP contribution in [0.2, 0.25) is 0 Å². The Morgan fingerprint density at radius 1 is 1.18 bits per heavy atom. The standard InChI is InChI=1S/C14H9BrF3N3O/c15-12-7-21(13-11(12)5-8(19)6-20-13)9-1-3-10(4-2-9)22-14(16,17)18/h1-7H,19H2. The summed E-state index contributed by atoms with van der Waals surface area (Å²) in [7, 11) is 0. The predicted octanol–water partition coefficient (Wildman–Crippen LogP) is 4.27. The minimum absolute atomic E-state index is 0.274. The van der Waals surface area contributed by atoms with Crippen molar-refractivity contribution in [2.45, 2.75) is 6.36 Å². The number of aromatic nitrogens is 2. The quantitative estimate of drug-likeness (QED) is 0.731. The minimum atomic E-state index is -4.70. The molecule has 4 nitrogen and oxygen atoms in total. The van der Waals surface area contributed by atoms with Crippen molar-refractivity contribution >= 4 is 32.7 Å². The summed E-state index contributed by atoms with van der Waals surface area (Å²) in [5.41, 5.74) is 7.53. The maximum Gasteiger partial charge on any atom is 0.573 e. The fourth-order valence-corrected chi connectivity index (χ4v) is 2.59. The third-order valence-corrected chi connectivity index (χ3v) is 3.60. The van der Waals surface area contributed by atoms with Crippen LogP contribution < -0.4 is 10.5 Å². The van der Waals surface area contributed by atoms with Crippen LogP contribution in [0, 0.1) is 0 Å². The van der Waals surface area contributed by atoms with Gasteiger partial charge in [-0.2, -0.15) is 0 Å². The Bertz CT molecular complexity index is 828. The molecule has 3 rings (SSSR count). The lowest BCUT2D eigenvalue weighted by Gasteiger charge is -2.10. The molecular weight excluding hydrogens is 363 g/mol. The number of hydrogen-bond acceptors (Lipinski definition) is 3. The van der Waals surface area contributed by atoms with Crippen molar-refractivity contribution in [1.82, 2.24) is 9.55 Å². The van der Waals surface area contributed by atoms with E-state index >= 15 is 0 Å². The number of benzene rings is 1. The zero-order valence-corrected chi connectivity index (χ0v) is 12.5. The van der Waals surface area contributed by atoms with E-state index in [1.165, 1.54) is 30.5 Å². The Kier molecular flexibility index (Phi) is 3.48. The SMILES string of the molecule is Nc1cnc2c(c1)c(Br)cn2-c1ccc(OC(F)(F)F)cc1. The van der Waals surface area contributed by atoms with Crippen LogP contribution in [0.4, 0.5) is 18.9 Å². The van der Waals surface area contributed by atoms with Crippen molar-refractivity contribution in [3.05, 3.63) is 47.2 Å². The number of halogens is 4. The molecule has 8 heteroatoms. The molecule has 0 aliphatic rings. The van der Waals surface area contributed by atoms with Crippen molar-refractivity contribution in [1.29, 1.82) is 0 Å². The van der Waals surface area contributed by atoms with Gasteiger partial charge in [0, 0.05) is 21.7 Å². The van der Waals surface area contributed by atoms with Crippen LogP contribution in [-0.2, 0) is 0 Å². The van der Waals surface area contributed by atoms with E-state index in [9.17, 15) is 13.2 Å². The van der Waals surface area contributed by atoms with Crippen molar-refractivity contribution in [3.8, 4) is 11.4 Å². The maximum atomic E-state index is 12.2. The molecule has 2 heterocycles. The lowest BCUT2D eigenvalue weighted by Crippen LogP contribution is -2.17. The van der Waals surface area contributed by atoms with E-state index in [-0.39, 0.29) is 5.75 Å². The van der Waals surface area contributed by atoms with Crippen LogP contribution in [0.1, 0.15) is 0 Å². The molecule has 0 unspecified atom stereocenters. The van der Waals surface area contributed by atoms with Crippen molar-refractivity contribution in [2.24, 2.45) is 0 Å². The third-order valence-electron chi connectivity index (χ3n) is 2.96. The van der Waals surface area contributed by atoms with Gasteiger partial charge in [-0.05, 0) is 46.3 Å². The van der Waals surface area contributed by atoms with Gasteiger partial charge in [-0.1, -0.05) is 0 Å². The normalized spacial score (nSPS) is 11.8. The van der Waals surface area contributed by atoms with Crippen molar-refractivity contribution in [3.63, 3.8) is 0 Å². The van der Waals surface area contributed by atoms with Crippen LogP contribution in [0.25, 0.3) is 16.7 Å². The van der Waals surface area contributed by atoms with Crippen LogP contribution >= 0.6 is 15.9 Å². The van der Waals surface area contributed by atoms with E-state index < -0.39 is 6.36 Å². The number of nitrogen functional groups attached to an aromatic ring is 1. The average molecular weight is 372 g/mol. The molecule has 0 saturated carbocycles. The van der Waals surface area contributed by atoms with Gasteiger partial charge in [-0.25, -0.2) is 4.98 Å². The topological polar surface area (TPSA) is 53.1 Å². The molecule has 0 bridgehead atoms. The number of fused-ring (bicyclic) bond motifs is 1. The first kappa shape index (κ1) is 14.7. The van der Waals surface area contributed by atoms with Gasteiger partial charge < -0.3 is 15.0 Å². The number of alkyl halides is 3. The minimum Gasteiger partial charge on any atom is -0.406 e. The number of rotatable bonds is 2. The average Bonchev–Trinajstić information content (AvgIpc) is 2.75. The highest BCUT2D eigenvalue weighted by atomic mass is 79.9. The molecule has 0 saturated heterocycles. The molecule has 3 aromatic rings. The van der Waals surface area contributed by atoms with E-state index in [0.717, 1.165) is 9.86 Å². The van der Waals surface area contributed by atoms with Gasteiger partial charge in [0.2, 0.25) is 0 Å². The van der Waals surface area contributed by atoms with E-state index in [0.29, 0.717) is 17.0 Å². The molecule has 22 heavy (non-hydrogen) atoms. The van der Waals surface area contributed by atoms with Crippen LogP contribution in [-0.4, -0.2) is 15.9 Å². The number of pyridine rings is 1. The number of nitrogens with two attached hydrogens (primary N) is 1. The number of nitrogens with zero attached hydrogens (tertiary/aromatic N) is 2. The molecule has 0 aliphatic carbocycles. The maximum absolute atomic E-state index is 12.2. The zero-order valence-electron chi connectivity index (χ0n) is 10.9. The Labute approximate surface area is 131 Å². The summed E-state index contributed by atoms with van der Waals surface area (Å²) in [6.45, 7) is 0. The summed E-state index contributed by atoms with van der Waals surface area (Å²) in [5.74, 6) is -0.274. The smallest absolute Gasteiger partial charge is 0.406 e. The first-order valence-corrected chi connectivity index (χ1v) is 6.91. The third kappa shape index (κ3) is 2.87.